The SMILES string of the molecule is COc1cccc2c1N(CCNS(=O)(=O)c1ccccc1)CCC2. The van der Waals surface area contributed by atoms with Gasteiger partial charge < -0.3 is 9.64 Å². The third-order valence-corrected chi connectivity index (χ3v) is 5.70. The molecule has 0 aromatic heterocycles. The Labute approximate surface area is 143 Å². The van der Waals surface area contributed by atoms with Crippen LogP contribution in [0.1, 0.15) is 12.0 Å². The number of benzene rings is 2. The summed E-state index contributed by atoms with van der Waals surface area (Å²) in [5.41, 5.74) is 2.34. The van der Waals surface area contributed by atoms with Crippen molar-refractivity contribution < 1.29 is 13.2 Å². The summed E-state index contributed by atoms with van der Waals surface area (Å²) in [7, 11) is -1.79. The summed E-state index contributed by atoms with van der Waals surface area (Å²) >= 11 is 0. The van der Waals surface area contributed by atoms with Crippen molar-refractivity contribution in [3.8, 4) is 5.75 Å². The molecular formula is C18H22N2O3S. The molecule has 2 aromatic carbocycles. The number of nitrogens with zero attached hydrogens (tertiary/aromatic N) is 1. The van der Waals surface area contributed by atoms with Gasteiger partial charge >= 0.3 is 0 Å². The normalized spacial score (nSPS) is 14.3. The fourth-order valence-corrected chi connectivity index (χ4v) is 4.13. The second-order valence-electron chi connectivity index (χ2n) is 5.77. The van der Waals surface area contributed by atoms with E-state index in [-0.39, 0.29) is 0 Å². The summed E-state index contributed by atoms with van der Waals surface area (Å²) in [5, 5.41) is 0. The van der Waals surface area contributed by atoms with Gasteiger partial charge in [0.05, 0.1) is 17.7 Å². The summed E-state index contributed by atoms with van der Waals surface area (Å²) < 4.78 is 32.7. The summed E-state index contributed by atoms with van der Waals surface area (Å²) in [6, 6.07) is 14.5. The maximum atomic E-state index is 12.3. The summed E-state index contributed by atoms with van der Waals surface area (Å²) in [6.45, 7) is 1.87. The van der Waals surface area contributed by atoms with Crippen LogP contribution in [-0.2, 0) is 16.4 Å². The van der Waals surface area contributed by atoms with E-state index in [2.05, 4.69) is 15.7 Å². The van der Waals surface area contributed by atoms with Crippen LogP contribution in [0.25, 0.3) is 0 Å². The largest absolute Gasteiger partial charge is 0.495 e. The Kier molecular flexibility index (Phi) is 5.06. The average molecular weight is 346 g/mol. The molecule has 0 atom stereocenters. The molecule has 0 amide bonds. The zero-order valence-corrected chi connectivity index (χ0v) is 14.6. The Hall–Kier alpha value is -2.05. The van der Waals surface area contributed by atoms with Gasteiger partial charge in [-0.3, -0.25) is 0 Å². The number of hydrogen-bond acceptors (Lipinski definition) is 4. The van der Waals surface area contributed by atoms with Crippen molar-refractivity contribution in [2.24, 2.45) is 0 Å². The number of fused-ring (bicyclic) bond motifs is 1. The van der Waals surface area contributed by atoms with Crippen LogP contribution < -0.4 is 14.4 Å². The number of para-hydroxylation sites is 1. The first-order valence-electron chi connectivity index (χ1n) is 8.07. The monoisotopic (exact) mass is 346 g/mol. The molecule has 0 radical (unpaired) electrons. The fourth-order valence-electron chi connectivity index (χ4n) is 3.09. The highest BCUT2D eigenvalue weighted by molar-refractivity contribution is 7.89. The molecule has 0 fully saturated rings. The van der Waals surface area contributed by atoms with E-state index in [0.717, 1.165) is 30.8 Å². The lowest BCUT2D eigenvalue weighted by molar-refractivity contribution is 0.412. The molecule has 0 spiro atoms. The Morgan fingerprint density at radius 2 is 1.92 bits per heavy atom. The molecule has 24 heavy (non-hydrogen) atoms. The van der Waals surface area contributed by atoms with Gasteiger partial charge in [0.1, 0.15) is 5.75 Å². The number of nitrogens with one attached hydrogen (secondary N) is 1. The van der Waals surface area contributed by atoms with Crippen LogP contribution in [0, 0.1) is 0 Å². The van der Waals surface area contributed by atoms with Crippen molar-refractivity contribution in [1.82, 2.24) is 4.72 Å². The molecule has 1 N–H and O–H groups in total. The van der Waals surface area contributed by atoms with Crippen LogP contribution in [0.5, 0.6) is 5.75 Å². The minimum atomic E-state index is -3.46. The van der Waals surface area contributed by atoms with Gasteiger partial charge in [-0.15, -0.1) is 0 Å². The molecular weight excluding hydrogens is 324 g/mol. The van der Waals surface area contributed by atoms with E-state index in [0.29, 0.717) is 18.0 Å². The van der Waals surface area contributed by atoms with Crippen LogP contribution in [0.3, 0.4) is 0 Å². The van der Waals surface area contributed by atoms with E-state index in [9.17, 15) is 8.42 Å². The molecule has 0 aliphatic carbocycles. The van der Waals surface area contributed by atoms with Gasteiger partial charge in [0.25, 0.3) is 0 Å². The lowest BCUT2D eigenvalue weighted by atomic mass is 10.0. The zero-order valence-electron chi connectivity index (χ0n) is 13.7. The molecule has 3 rings (SSSR count). The molecule has 0 unspecified atom stereocenters. The minimum Gasteiger partial charge on any atom is -0.495 e. The van der Waals surface area contributed by atoms with Crippen LogP contribution in [0.2, 0.25) is 0 Å². The highest BCUT2D eigenvalue weighted by Crippen LogP contribution is 2.35. The second kappa shape index (κ2) is 7.23. The van der Waals surface area contributed by atoms with Crippen molar-refractivity contribution in [2.75, 3.05) is 31.6 Å². The van der Waals surface area contributed by atoms with Gasteiger partial charge in [-0.1, -0.05) is 30.3 Å². The van der Waals surface area contributed by atoms with Gasteiger partial charge in [-0.25, -0.2) is 13.1 Å². The van der Waals surface area contributed by atoms with Crippen molar-refractivity contribution in [2.45, 2.75) is 17.7 Å². The topological polar surface area (TPSA) is 58.6 Å². The number of sulfonamides is 1. The molecule has 0 saturated heterocycles. The molecule has 5 nitrogen and oxygen atoms in total. The molecule has 1 aliphatic rings. The Morgan fingerprint density at radius 1 is 1.12 bits per heavy atom. The number of methoxy groups -OCH3 is 1. The molecule has 6 heteroatoms. The van der Waals surface area contributed by atoms with Gasteiger partial charge in [-0.2, -0.15) is 0 Å². The van der Waals surface area contributed by atoms with Crippen LogP contribution in [-0.4, -0.2) is 35.2 Å². The highest BCUT2D eigenvalue weighted by Gasteiger charge is 2.21. The number of anilines is 1. The molecule has 0 bridgehead atoms. The first kappa shape index (κ1) is 16.8. The van der Waals surface area contributed by atoms with E-state index in [1.807, 2.05) is 12.1 Å². The Morgan fingerprint density at radius 3 is 2.67 bits per heavy atom. The van der Waals surface area contributed by atoms with Crippen molar-refractivity contribution >= 4 is 15.7 Å². The standard InChI is InChI=1S/C18H22N2O3S/c1-23-17-11-5-7-15-8-6-13-20(18(15)17)14-12-19-24(21,22)16-9-3-2-4-10-16/h2-5,7,9-11,19H,6,8,12-14H2,1H3. The molecule has 128 valence electrons. The molecule has 2 aromatic rings. The number of ether oxygens (including phenoxy) is 1. The first-order chi connectivity index (χ1) is 11.6. The molecule has 1 aliphatic heterocycles. The molecule has 0 saturated carbocycles. The Bertz CT molecular complexity index is 777. The maximum absolute atomic E-state index is 12.3. The van der Waals surface area contributed by atoms with E-state index >= 15 is 0 Å². The highest BCUT2D eigenvalue weighted by atomic mass is 32.2. The van der Waals surface area contributed by atoms with Gasteiger partial charge in [0, 0.05) is 19.6 Å². The predicted molar refractivity (Wildman–Crippen MR) is 95.2 cm³/mol. The fraction of sp³-hybridized carbons (Fsp3) is 0.333. The lowest BCUT2D eigenvalue weighted by Crippen LogP contribution is -2.37. The number of aryl methyl sites for hydroxylation is 1. The van der Waals surface area contributed by atoms with Gasteiger partial charge in [0.15, 0.2) is 0 Å². The van der Waals surface area contributed by atoms with Crippen molar-refractivity contribution in [3.05, 3.63) is 54.1 Å². The summed E-state index contributed by atoms with van der Waals surface area (Å²) in [4.78, 5) is 2.49. The third kappa shape index (κ3) is 3.55. The first-order valence-corrected chi connectivity index (χ1v) is 9.55. The van der Waals surface area contributed by atoms with Gasteiger partial charge in [0.2, 0.25) is 10.0 Å². The predicted octanol–water partition coefficient (Wildman–Crippen LogP) is 2.43. The summed E-state index contributed by atoms with van der Waals surface area (Å²) in [6.07, 6.45) is 2.09. The van der Waals surface area contributed by atoms with Gasteiger partial charge in [-0.05, 0) is 36.6 Å². The van der Waals surface area contributed by atoms with Crippen LogP contribution in [0.4, 0.5) is 5.69 Å². The average Bonchev–Trinajstić information content (AvgIpc) is 2.62. The van der Waals surface area contributed by atoms with E-state index in [1.165, 1.54) is 5.56 Å². The van der Waals surface area contributed by atoms with E-state index < -0.39 is 10.0 Å². The van der Waals surface area contributed by atoms with Crippen LogP contribution in [0.15, 0.2) is 53.4 Å². The third-order valence-electron chi connectivity index (χ3n) is 4.22. The number of rotatable bonds is 6. The van der Waals surface area contributed by atoms with Crippen molar-refractivity contribution in [3.63, 3.8) is 0 Å². The lowest BCUT2D eigenvalue weighted by Gasteiger charge is -2.32. The quantitative estimate of drug-likeness (QED) is 0.873. The zero-order chi connectivity index (χ0) is 17.0. The second-order valence-corrected chi connectivity index (χ2v) is 7.54. The number of hydrogen-bond donors (Lipinski definition) is 1. The maximum Gasteiger partial charge on any atom is 0.240 e. The smallest absolute Gasteiger partial charge is 0.240 e. The van der Waals surface area contributed by atoms with E-state index in [1.54, 1.807) is 37.4 Å². The molecule has 1 heterocycles. The van der Waals surface area contributed by atoms with E-state index in [4.69, 9.17) is 4.74 Å². The summed E-state index contributed by atoms with van der Waals surface area (Å²) in [5.74, 6) is 0.845. The van der Waals surface area contributed by atoms with Crippen molar-refractivity contribution in [1.29, 1.82) is 0 Å². The Balaban J connectivity index is 1.69. The minimum absolute atomic E-state index is 0.293. The van der Waals surface area contributed by atoms with Crippen LogP contribution >= 0.6 is 0 Å².